The van der Waals surface area contributed by atoms with E-state index < -0.39 is 5.41 Å². The Labute approximate surface area is 283 Å². The van der Waals surface area contributed by atoms with E-state index in [9.17, 15) is 0 Å². The zero-order valence-corrected chi connectivity index (χ0v) is 26.8. The first kappa shape index (κ1) is 27.4. The monoisotopic (exact) mass is 628 g/mol. The van der Waals surface area contributed by atoms with Gasteiger partial charge in [-0.15, -0.1) is 0 Å². The van der Waals surface area contributed by atoms with E-state index in [0.717, 1.165) is 33.9 Å². The Morgan fingerprint density at radius 3 is 1.65 bits per heavy atom. The molecule has 0 saturated carbocycles. The summed E-state index contributed by atoms with van der Waals surface area (Å²) < 4.78 is 0. The lowest BCUT2D eigenvalue weighted by Gasteiger charge is -2.40. The first-order valence-corrected chi connectivity index (χ1v) is 17.1. The van der Waals surface area contributed by atoms with E-state index in [1.54, 1.807) is 0 Å². The van der Waals surface area contributed by atoms with Gasteiger partial charge in [0.15, 0.2) is 5.82 Å². The van der Waals surface area contributed by atoms with Crippen molar-refractivity contribution >= 4 is 22.5 Å². The topological polar surface area (TPSA) is 25.8 Å². The first-order valence-electron chi connectivity index (χ1n) is 16.3. The zero-order valence-electron chi connectivity index (χ0n) is 26.0. The van der Waals surface area contributed by atoms with Gasteiger partial charge in [0.25, 0.3) is 0 Å². The average Bonchev–Trinajstić information content (AvgIpc) is 3.45. The van der Waals surface area contributed by atoms with Crippen LogP contribution in [-0.2, 0) is 5.41 Å². The maximum atomic E-state index is 5.29. The van der Waals surface area contributed by atoms with E-state index in [2.05, 4.69) is 146 Å². The fourth-order valence-corrected chi connectivity index (χ4v) is 9.21. The summed E-state index contributed by atoms with van der Waals surface area (Å²) in [5, 5.41) is 2.51. The molecule has 0 saturated heterocycles. The summed E-state index contributed by atoms with van der Waals surface area (Å²) in [4.78, 5) is 12.9. The normalized spacial score (nSPS) is 13.5. The summed E-state index contributed by atoms with van der Waals surface area (Å²) in [6.45, 7) is 0. The second kappa shape index (κ2) is 10.6. The van der Waals surface area contributed by atoms with Gasteiger partial charge < -0.3 is 0 Å². The predicted molar refractivity (Wildman–Crippen MR) is 197 cm³/mol. The minimum Gasteiger partial charge on any atom is -0.228 e. The number of aromatic nitrogens is 2. The molecule has 224 valence electrons. The number of hydrogen-bond acceptors (Lipinski definition) is 3. The lowest BCUT2D eigenvalue weighted by atomic mass is 9.66. The third-order valence-electron chi connectivity index (χ3n) is 9.94. The number of nitrogens with zero attached hydrogens (tertiary/aromatic N) is 2. The molecule has 2 aliphatic rings. The molecular weight excluding hydrogens is 601 g/mol. The highest BCUT2D eigenvalue weighted by molar-refractivity contribution is 7.99. The molecular formula is C45H28N2S. The highest BCUT2D eigenvalue weighted by atomic mass is 32.2. The van der Waals surface area contributed by atoms with Gasteiger partial charge in [-0.25, -0.2) is 9.97 Å². The summed E-state index contributed by atoms with van der Waals surface area (Å²) in [6, 6.07) is 61.3. The van der Waals surface area contributed by atoms with Crippen LogP contribution in [0.1, 0.15) is 22.3 Å². The molecule has 1 aliphatic carbocycles. The molecule has 2 nitrogen and oxygen atoms in total. The van der Waals surface area contributed by atoms with Crippen LogP contribution in [0.5, 0.6) is 0 Å². The molecule has 0 atom stereocenters. The van der Waals surface area contributed by atoms with Gasteiger partial charge in [0.05, 0.1) is 16.8 Å². The Bertz CT molecular complexity index is 2440. The van der Waals surface area contributed by atoms with Crippen molar-refractivity contribution in [1.29, 1.82) is 0 Å². The maximum Gasteiger partial charge on any atom is 0.160 e. The Hall–Kier alpha value is -5.77. The number of fused-ring (bicyclic) bond motifs is 10. The van der Waals surface area contributed by atoms with E-state index in [0.29, 0.717) is 0 Å². The minimum atomic E-state index is -0.472. The van der Waals surface area contributed by atoms with Crippen molar-refractivity contribution in [3.05, 3.63) is 192 Å². The molecule has 0 radical (unpaired) electrons. The van der Waals surface area contributed by atoms with Gasteiger partial charge in [0.2, 0.25) is 0 Å². The molecule has 0 unspecified atom stereocenters. The van der Waals surface area contributed by atoms with E-state index in [-0.39, 0.29) is 0 Å². The zero-order chi connectivity index (χ0) is 31.7. The van der Waals surface area contributed by atoms with Gasteiger partial charge in [0.1, 0.15) is 0 Å². The summed E-state index contributed by atoms with van der Waals surface area (Å²) in [5.74, 6) is 0.725. The largest absolute Gasteiger partial charge is 0.228 e. The standard InChI is InChI=1S/C45H28N2S/c1-3-14-29(15-4-1)40-28-41(47-44(46-40)30-16-5-2-6-17-30)35-22-13-25-38-43(35)48-42-27-32-19-8-7-18-31(32)26-39(42)45(38)36-23-11-9-20-33(36)34-21-10-12-24-37(34)45/h1-28H. The summed E-state index contributed by atoms with van der Waals surface area (Å²) in [7, 11) is 0. The van der Waals surface area contributed by atoms with Gasteiger partial charge in [-0.05, 0) is 62.4 Å². The molecule has 3 heteroatoms. The number of hydrogen-bond donors (Lipinski definition) is 0. The van der Waals surface area contributed by atoms with Crippen LogP contribution in [0.25, 0.3) is 55.8 Å². The van der Waals surface area contributed by atoms with Crippen LogP contribution < -0.4 is 0 Å². The highest BCUT2D eigenvalue weighted by Gasteiger charge is 2.50. The van der Waals surface area contributed by atoms with Gasteiger partial charge in [-0.2, -0.15) is 0 Å². The third-order valence-corrected chi connectivity index (χ3v) is 11.1. The van der Waals surface area contributed by atoms with Crippen LogP contribution >= 0.6 is 11.8 Å². The Kier molecular flexibility index (Phi) is 6.06. The summed E-state index contributed by atoms with van der Waals surface area (Å²) in [6.07, 6.45) is 0. The lowest BCUT2D eigenvalue weighted by Crippen LogP contribution is -2.32. The van der Waals surface area contributed by atoms with Crippen LogP contribution in [-0.4, -0.2) is 9.97 Å². The molecule has 1 spiro atoms. The molecule has 1 aromatic heterocycles. The van der Waals surface area contributed by atoms with Crippen molar-refractivity contribution < 1.29 is 0 Å². The molecule has 1 aliphatic heterocycles. The maximum absolute atomic E-state index is 5.29. The van der Waals surface area contributed by atoms with Crippen LogP contribution in [0.2, 0.25) is 0 Å². The van der Waals surface area contributed by atoms with Crippen molar-refractivity contribution in [2.45, 2.75) is 15.2 Å². The average molecular weight is 629 g/mol. The molecule has 0 fully saturated rings. The van der Waals surface area contributed by atoms with Crippen molar-refractivity contribution in [2.24, 2.45) is 0 Å². The molecule has 0 bridgehead atoms. The second-order valence-electron chi connectivity index (χ2n) is 12.5. The molecule has 0 amide bonds. The quantitative estimate of drug-likeness (QED) is 0.195. The number of rotatable bonds is 3. The van der Waals surface area contributed by atoms with Crippen LogP contribution in [0.3, 0.4) is 0 Å². The van der Waals surface area contributed by atoms with Gasteiger partial charge in [0, 0.05) is 26.5 Å². The molecule has 2 heterocycles. The van der Waals surface area contributed by atoms with Crippen LogP contribution in [0.15, 0.2) is 180 Å². The summed E-state index contributed by atoms with van der Waals surface area (Å²) in [5.41, 5.74) is 12.5. The third kappa shape index (κ3) is 3.95. The van der Waals surface area contributed by atoms with E-state index in [1.165, 1.54) is 53.9 Å². The lowest BCUT2D eigenvalue weighted by molar-refractivity contribution is 0.725. The van der Waals surface area contributed by atoms with Gasteiger partial charge >= 0.3 is 0 Å². The first-order chi connectivity index (χ1) is 23.8. The Morgan fingerprint density at radius 2 is 0.938 bits per heavy atom. The smallest absolute Gasteiger partial charge is 0.160 e. The molecule has 48 heavy (non-hydrogen) atoms. The Balaban J connectivity index is 1.30. The minimum absolute atomic E-state index is 0.472. The van der Waals surface area contributed by atoms with Crippen molar-refractivity contribution in [3.8, 4) is 45.0 Å². The summed E-state index contributed by atoms with van der Waals surface area (Å²) >= 11 is 1.87. The van der Waals surface area contributed by atoms with E-state index in [1.807, 2.05) is 36.0 Å². The van der Waals surface area contributed by atoms with E-state index in [4.69, 9.17) is 9.97 Å². The highest BCUT2D eigenvalue weighted by Crippen LogP contribution is 2.63. The van der Waals surface area contributed by atoms with E-state index >= 15 is 0 Å². The van der Waals surface area contributed by atoms with Gasteiger partial charge in [-0.1, -0.05) is 163 Å². The molecule has 0 N–H and O–H groups in total. The molecule has 10 rings (SSSR count). The van der Waals surface area contributed by atoms with Crippen LogP contribution in [0, 0.1) is 0 Å². The fourth-order valence-electron chi connectivity index (χ4n) is 7.87. The SMILES string of the molecule is c1ccc(-c2cc(-c3cccc4c3Sc3cc5ccccc5cc3C43c4ccccc4-c4ccccc43)nc(-c3ccccc3)n2)cc1. The Morgan fingerprint density at radius 1 is 0.396 bits per heavy atom. The second-order valence-corrected chi connectivity index (χ2v) is 13.6. The van der Waals surface area contributed by atoms with Gasteiger partial charge in [-0.3, -0.25) is 0 Å². The fraction of sp³-hybridized carbons (Fsp3) is 0.0222. The van der Waals surface area contributed by atoms with Crippen molar-refractivity contribution in [2.75, 3.05) is 0 Å². The van der Waals surface area contributed by atoms with Crippen LogP contribution in [0.4, 0.5) is 0 Å². The number of benzene rings is 7. The van der Waals surface area contributed by atoms with Crippen molar-refractivity contribution in [1.82, 2.24) is 9.97 Å². The van der Waals surface area contributed by atoms with Crippen molar-refractivity contribution in [3.63, 3.8) is 0 Å². The molecule has 8 aromatic rings. The predicted octanol–water partition coefficient (Wildman–Crippen LogP) is 11.5. The molecule has 7 aromatic carbocycles.